The Labute approximate surface area is 117 Å². The number of nitrogens with one attached hydrogen (secondary N) is 1. The van der Waals surface area contributed by atoms with E-state index in [1.54, 1.807) is 24.5 Å². The first kappa shape index (κ1) is 13.8. The maximum absolute atomic E-state index is 5.90. The van der Waals surface area contributed by atoms with Gasteiger partial charge in [0.1, 0.15) is 12.4 Å². The molecule has 1 atom stereocenters. The lowest BCUT2D eigenvalue weighted by Gasteiger charge is -2.17. The zero-order valence-corrected chi connectivity index (χ0v) is 11.4. The second kappa shape index (κ2) is 6.52. The first-order valence-corrected chi connectivity index (χ1v) is 6.33. The fourth-order valence-electron chi connectivity index (χ4n) is 1.75. The van der Waals surface area contributed by atoms with Crippen molar-refractivity contribution in [3.05, 3.63) is 58.9 Å². The normalized spacial score (nSPS) is 12.2. The lowest BCUT2D eigenvalue weighted by atomic mass is 10.1. The topological polar surface area (TPSA) is 60.2 Å². The van der Waals surface area contributed by atoms with E-state index in [0.29, 0.717) is 17.4 Å². The molecular formula is C14H16ClN3O. The molecule has 0 spiro atoms. The van der Waals surface area contributed by atoms with Crippen molar-refractivity contribution in [2.75, 3.05) is 6.61 Å². The number of nitrogens with zero attached hydrogens (tertiary/aromatic N) is 1. The zero-order valence-electron chi connectivity index (χ0n) is 10.6. The van der Waals surface area contributed by atoms with Gasteiger partial charge in [0.25, 0.3) is 0 Å². The van der Waals surface area contributed by atoms with Crippen LogP contribution in [0.1, 0.15) is 17.2 Å². The molecule has 19 heavy (non-hydrogen) atoms. The maximum atomic E-state index is 5.90. The van der Waals surface area contributed by atoms with Gasteiger partial charge in [0, 0.05) is 17.4 Å². The number of pyridine rings is 1. The minimum Gasteiger partial charge on any atom is -0.492 e. The lowest BCUT2D eigenvalue weighted by Crippen LogP contribution is -2.32. The van der Waals surface area contributed by atoms with Crippen LogP contribution < -0.4 is 16.0 Å². The van der Waals surface area contributed by atoms with Crippen LogP contribution in [-0.2, 0) is 0 Å². The van der Waals surface area contributed by atoms with Crippen molar-refractivity contribution in [1.82, 2.24) is 10.4 Å². The van der Waals surface area contributed by atoms with E-state index in [1.165, 1.54) is 0 Å². The molecular weight excluding hydrogens is 262 g/mol. The molecule has 5 heteroatoms. The predicted octanol–water partition coefficient (Wildman–Crippen LogP) is 2.63. The average Bonchev–Trinajstić information content (AvgIpc) is 2.40. The number of aromatic nitrogens is 1. The van der Waals surface area contributed by atoms with Crippen LogP contribution in [0.3, 0.4) is 0 Å². The summed E-state index contributed by atoms with van der Waals surface area (Å²) in [4.78, 5) is 4.15. The third kappa shape index (κ3) is 3.92. The number of aryl methyl sites for hydroxylation is 1. The van der Waals surface area contributed by atoms with Gasteiger partial charge in [-0.3, -0.25) is 10.8 Å². The summed E-state index contributed by atoms with van der Waals surface area (Å²) < 4.78 is 5.68. The van der Waals surface area contributed by atoms with Crippen molar-refractivity contribution in [1.29, 1.82) is 0 Å². The van der Waals surface area contributed by atoms with E-state index < -0.39 is 0 Å². The van der Waals surface area contributed by atoms with Gasteiger partial charge in [-0.25, -0.2) is 5.43 Å². The van der Waals surface area contributed by atoms with Gasteiger partial charge in [0.15, 0.2) is 0 Å². The van der Waals surface area contributed by atoms with E-state index in [2.05, 4.69) is 10.4 Å². The largest absolute Gasteiger partial charge is 0.492 e. The van der Waals surface area contributed by atoms with Gasteiger partial charge in [0.2, 0.25) is 0 Å². The van der Waals surface area contributed by atoms with Crippen molar-refractivity contribution in [3.63, 3.8) is 0 Å². The maximum Gasteiger partial charge on any atom is 0.120 e. The molecule has 0 saturated carbocycles. The number of nitrogens with two attached hydrogens (primary N) is 1. The Morgan fingerprint density at radius 2 is 2.21 bits per heavy atom. The fourth-order valence-corrected chi connectivity index (χ4v) is 1.93. The summed E-state index contributed by atoms with van der Waals surface area (Å²) in [5.74, 6) is 6.28. The van der Waals surface area contributed by atoms with Crippen LogP contribution in [0.4, 0.5) is 0 Å². The van der Waals surface area contributed by atoms with Crippen molar-refractivity contribution < 1.29 is 4.74 Å². The van der Waals surface area contributed by atoms with Crippen LogP contribution in [0.15, 0.2) is 42.7 Å². The Morgan fingerprint density at radius 1 is 1.37 bits per heavy atom. The Balaban J connectivity index is 2.04. The smallest absolute Gasteiger partial charge is 0.120 e. The summed E-state index contributed by atoms with van der Waals surface area (Å²) in [5.41, 5.74) is 4.81. The summed E-state index contributed by atoms with van der Waals surface area (Å²) in [5, 5.41) is 0.645. The number of ether oxygens (including phenoxy) is 1. The van der Waals surface area contributed by atoms with E-state index in [1.807, 2.05) is 25.1 Å². The van der Waals surface area contributed by atoms with Crippen LogP contribution in [-0.4, -0.2) is 11.6 Å². The van der Waals surface area contributed by atoms with E-state index in [-0.39, 0.29) is 6.04 Å². The Kier molecular flexibility index (Phi) is 4.74. The molecule has 0 aliphatic rings. The van der Waals surface area contributed by atoms with Gasteiger partial charge in [-0.1, -0.05) is 23.7 Å². The SMILES string of the molecule is Cc1cncc(C(COc2cccc(Cl)c2)NN)c1. The molecule has 1 aromatic carbocycles. The molecule has 0 amide bonds. The van der Waals surface area contributed by atoms with Gasteiger partial charge in [-0.05, 0) is 36.2 Å². The van der Waals surface area contributed by atoms with Crippen LogP contribution in [0.2, 0.25) is 5.02 Å². The molecule has 0 bridgehead atoms. The number of hydrogen-bond acceptors (Lipinski definition) is 4. The summed E-state index contributed by atoms with van der Waals surface area (Å²) in [6.07, 6.45) is 3.58. The average molecular weight is 278 g/mol. The van der Waals surface area contributed by atoms with E-state index in [9.17, 15) is 0 Å². The molecule has 4 nitrogen and oxygen atoms in total. The minimum atomic E-state index is -0.119. The highest BCUT2D eigenvalue weighted by Crippen LogP contribution is 2.19. The highest BCUT2D eigenvalue weighted by molar-refractivity contribution is 6.30. The summed E-state index contributed by atoms with van der Waals surface area (Å²) in [7, 11) is 0. The molecule has 0 fully saturated rings. The molecule has 0 saturated heterocycles. The standard InChI is InChI=1S/C14H16ClN3O/c1-10-5-11(8-17-7-10)14(18-16)9-19-13-4-2-3-12(15)6-13/h2-8,14,18H,9,16H2,1H3. The van der Waals surface area contributed by atoms with Crippen LogP contribution in [0.5, 0.6) is 5.75 Å². The minimum absolute atomic E-state index is 0.119. The number of hydrazine groups is 1. The van der Waals surface area contributed by atoms with E-state index in [0.717, 1.165) is 11.1 Å². The fraction of sp³-hybridized carbons (Fsp3) is 0.214. The third-order valence-corrected chi connectivity index (χ3v) is 2.95. The van der Waals surface area contributed by atoms with Crippen LogP contribution in [0.25, 0.3) is 0 Å². The quantitative estimate of drug-likeness (QED) is 0.651. The molecule has 0 aliphatic carbocycles. The Hall–Kier alpha value is -1.62. The van der Waals surface area contributed by atoms with Crippen molar-refractivity contribution in [2.45, 2.75) is 13.0 Å². The molecule has 1 aromatic heterocycles. The number of rotatable bonds is 5. The van der Waals surface area contributed by atoms with Gasteiger partial charge in [-0.15, -0.1) is 0 Å². The third-order valence-electron chi connectivity index (χ3n) is 2.71. The molecule has 1 heterocycles. The van der Waals surface area contributed by atoms with Crippen LogP contribution >= 0.6 is 11.6 Å². The van der Waals surface area contributed by atoms with Crippen molar-refractivity contribution in [2.24, 2.45) is 5.84 Å². The second-order valence-electron chi connectivity index (χ2n) is 4.28. The molecule has 2 aromatic rings. The van der Waals surface area contributed by atoms with Gasteiger partial charge in [0.05, 0.1) is 6.04 Å². The Morgan fingerprint density at radius 3 is 2.89 bits per heavy atom. The number of benzene rings is 1. The monoisotopic (exact) mass is 277 g/mol. The molecule has 3 N–H and O–H groups in total. The molecule has 0 radical (unpaired) electrons. The zero-order chi connectivity index (χ0) is 13.7. The summed E-state index contributed by atoms with van der Waals surface area (Å²) in [6.45, 7) is 2.39. The number of halogens is 1. The highest BCUT2D eigenvalue weighted by Gasteiger charge is 2.11. The molecule has 100 valence electrons. The summed E-state index contributed by atoms with van der Waals surface area (Å²) in [6, 6.07) is 9.18. The Bertz CT molecular complexity index is 548. The second-order valence-corrected chi connectivity index (χ2v) is 4.72. The lowest BCUT2D eigenvalue weighted by molar-refractivity contribution is 0.267. The highest BCUT2D eigenvalue weighted by atomic mass is 35.5. The molecule has 2 rings (SSSR count). The van der Waals surface area contributed by atoms with Crippen LogP contribution in [0, 0.1) is 6.92 Å². The van der Waals surface area contributed by atoms with E-state index in [4.69, 9.17) is 22.2 Å². The first-order chi connectivity index (χ1) is 9.19. The van der Waals surface area contributed by atoms with Gasteiger partial charge in [-0.2, -0.15) is 0 Å². The van der Waals surface area contributed by atoms with Gasteiger partial charge < -0.3 is 4.74 Å². The van der Waals surface area contributed by atoms with Gasteiger partial charge >= 0.3 is 0 Å². The van der Waals surface area contributed by atoms with Crippen molar-refractivity contribution in [3.8, 4) is 5.75 Å². The van der Waals surface area contributed by atoms with E-state index >= 15 is 0 Å². The molecule has 0 aliphatic heterocycles. The predicted molar refractivity (Wildman–Crippen MR) is 76.0 cm³/mol. The first-order valence-electron chi connectivity index (χ1n) is 5.95. The summed E-state index contributed by atoms with van der Waals surface area (Å²) >= 11 is 5.90. The molecule has 1 unspecified atom stereocenters. The van der Waals surface area contributed by atoms with Crippen molar-refractivity contribution >= 4 is 11.6 Å². The number of hydrogen-bond donors (Lipinski definition) is 2.